The van der Waals surface area contributed by atoms with Gasteiger partial charge < -0.3 is 65.1 Å². The second kappa shape index (κ2) is 48.4. The molecule has 77 heavy (non-hydrogen) atoms. The average Bonchev–Trinajstić information content (AvgIpc) is 3.44. The van der Waals surface area contributed by atoms with E-state index in [1.54, 1.807) is 6.08 Å². The van der Waals surface area contributed by atoms with Crippen LogP contribution in [0.25, 0.3) is 0 Å². The number of rotatable bonds is 49. The molecule has 448 valence electrons. The summed E-state index contributed by atoms with van der Waals surface area (Å²) in [4.78, 5) is 13.3. The van der Waals surface area contributed by atoms with Gasteiger partial charge in [-0.2, -0.15) is 0 Å². The highest BCUT2D eigenvalue weighted by Crippen LogP contribution is 2.30. The minimum Gasteiger partial charge on any atom is -0.394 e. The zero-order valence-electron chi connectivity index (χ0n) is 48.2. The Labute approximate surface area is 466 Å². The van der Waals surface area contributed by atoms with Crippen LogP contribution in [-0.4, -0.2) is 140 Å². The molecular formula is C63H113NO13. The molecule has 14 nitrogen and oxygen atoms in total. The largest absolute Gasteiger partial charge is 0.394 e. The standard InChI is InChI=1S/C63H113NO13/c1-3-5-7-9-11-13-15-17-19-21-23-24-25-26-27-28-29-30-32-34-36-38-40-42-44-46-52(67)51(64-55(68)47-45-43-41-39-37-35-33-31-22-20-18-16-14-12-10-8-6-4-2)50-74-62-60(73)58(71)61(54(49-66)76-62)77-63-59(72)57(70)56(69)53(48-65)75-63/h14,16,20,22,29-30,36,38,44,46,51-54,56-63,65-67,69-73H,3-13,15,17-19,21,23-28,31-35,37,39-43,45,47-50H2,1-2H3,(H,64,68)/b16-14-,22-20-,30-29+,38-36+,46-44+. The Kier molecular flexibility index (Phi) is 44.5. The van der Waals surface area contributed by atoms with Crippen molar-refractivity contribution in [3.8, 4) is 0 Å². The van der Waals surface area contributed by atoms with Crippen LogP contribution in [0.3, 0.4) is 0 Å². The Balaban J connectivity index is 1.78. The first-order valence-electron chi connectivity index (χ1n) is 31.0. The molecule has 0 aliphatic carbocycles. The van der Waals surface area contributed by atoms with E-state index in [0.717, 1.165) is 64.2 Å². The number of nitrogens with one attached hydrogen (secondary N) is 1. The summed E-state index contributed by atoms with van der Waals surface area (Å²) in [7, 11) is 0. The van der Waals surface area contributed by atoms with Gasteiger partial charge in [0.05, 0.1) is 32.0 Å². The summed E-state index contributed by atoms with van der Waals surface area (Å²) in [6.07, 6.45) is 45.5. The molecule has 2 fully saturated rings. The third kappa shape index (κ3) is 33.9. The Morgan fingerprint density at radius 3 is 1.36 bits per heavy atom. The number of carbonyl (C=O) groups excluding carboxylic acids is 1. The Hall–Kier alpha value is -2.31. The van der Waals surface area contributed by atoms with E-state index in [1.807, 2.05) is 6.08 Å². The van der Waals surface area contributed by atoms with Crippen LogP contribution in [0.4, 0.5) is 0 Å². The van der Waals surface area contributed by atoms with Crippen LogP contribution in [0.15, 0.2) is 60.8 Å². The Bertz CT molecular complexity index is 1520. The van der Waals surface area contributed by atoms with Crippen molar-refractivity contribution in [1.29, 1.82) is 0 Å². The number of ether oxygens (including phenoxy) is 4. The second-order valence-corrected chi connectivity index (χ2v) is 21.8. The van der Waals surface area contributed by atoms with Crippen molar-refractivity contribution >= 4 is 5.91 Å². The highest BCUT2D eigenvalue weighted by atomic mass is 16.7. The lowest BCUT2D eigenvalue weighted by molar-refractivity contribution is -0.359. The molecule has 0 bridgehead atoms. The average molecular weight is 1090 g/mol. The van der Waals surface area contributed by atoms with Crippen LogP contribution >= 0.6 is 0 Å². The summed E-state index contributed by atoms with van der Waals surface area (Å²) in [6.45, 7) is 2.76. The molecular weight excluding hydrogens is 979 g/mol. The smallest absolute Gasteiger partial charge is 0.220 e. The number of carbonyl (C=O) groups is 1. The molecule has 2 rings (SSSR count). The van der Waals surface area contributed by atoms with Crippen molar-refractivity contribution in [3.63, 3.8) is 0 Å². The minimum atomic E-state index is -1.80. The number of unbranched alkanes of at least 4 members (excludes halogenated alkanes) is 28. The van der Waals surface area contributed by atoms with Gasteiger partial charge in [-0.3, -0.25) is 4.79 Å². The molecule has 12 unspecified atom stereocenters. The maximum absolute atomic E-state index is 13.3. The summed E-state index contributed by atoms with van der Waals surface area (Å²) in [5, 5.41) is 87.1. The zero-order valence-corrected chi connectivity index (χ0v) is 48.2. The SMILES string of the molecule is CCCCCC/C=C\C/C=C\CCCCCCCCCC(=O)NC(COC1OC(CO)C(OC2OC(CO)C(O)C(O)C2O)C(O)C1O)C(O)/C=C/CC/C=C/CC/C=C/CCCCCCCCCCCCCCCCC. The van der Waals surface area contributed by atoms with Crippen molar-refractivity contribution in [2.24, 2.45) is 0 Å². The topological polar surface area (TPSA) is 228 Å². The van der Waals surface area contributed by atoms with Gasteiger partial charge in [-0.25, -0.2) is 0 Å². The molecule has 0 aromatic rings. The van der Waals surface area contributed by atoms with Crippen LogP contribution < -0.4 is 5.32 Å². The fourth-order valence-electron chi connectivity index (χ4n) is 9.88. The maximum atomic E-state index is 13.3. The number of aliphatic hydroxyl groups excluding tert-OH is 8. The van der Waals surface area contributed by atoms with E-state index < -0.39 is 86.8 Å². The molecule has 2 heterocycles. The van der Waals surface area contributed by atoms with Gasteiger partial charge in [0.1, 0.15) is 48.8 Å². The van der Waals surface area contributed by atoms with E-state index in [1.165, 1.54) is 141 Å². The van der Waals surface area contributed by atoms with E-state index in [-0.39, 0.29) is 18.9 Å². The van der Waals surface area contributed by atoms with Crippen molar-refractivity contribution in [2.45, 2.75) is 312 Å². The summed E-state index contributed by atoms with van der Waals surface area (Å²) >= 11 is 0. The maximum Gasteiger partial charge on any atom is 0.220 e. The van der Waals surface area contributed by atoms with Crippen molar-refractivity contribution in [3.05, 3.63) is 60.8 Å². The third-order valence-corrected chi connectivity index (χ3v) is 14.9. The fraction of sp³-hybridized carbons (Fsp3) is 0.825. The molecule has 12 atom stereocenters. The Morgan fingerprint density at radius 2 is 0.870 bits per heavy atom. The highest BCUT2D eigenvalue weighted by Gasteiger charge is 2.51. The van der Waals surface area contributed by atoms with E-state index in [2.05, 4.69) is 67.8 Å². The lowest BCUT2D eigenvalue weighted by Crippen LogP contribution is -2.65. The summed E-state index contributed by atoms with van der Waals surface area (Å²) in [5.74, 6) is -0.262. The van der Waals surface area contributed by atoms with Crippen LogP contribution in [0.5, 0.6) is 0 Å². The Morgan fingerprint density at radius 1 is 0.468 bits per heavy atom. The lowest BCUT2D eigenvalue weighted by Gasteiger charge is -2.46. The summed E-state index contributed by atoms with van der Waals surface area (Å²) in [5.41, 5.74) is 0. The summed E-state index contributed by atoms with van der Waals surface area (Å²) in [6, 6.07) is -0.945. The first kappa shape index (κ1) is 70.8. The van der Waals surface area contributed by atoms with Gasteiger partial charge in [0, 0.05) is 6.42 Å². The number of hydrogen-bond donors (Lipinski definition) is 9. The fourth-order valence-corrected chi connectivity index (χ4v) is 9.88. The van der Waals surface area contributed by atoms with Crippen LogP contribution in [0.1, 0.15) is 239 Å². The molecule has 0 aromatic heterocycles. The van der Waals surface area contributed by atoms with Crippen LogP contribution in [0.2, 0.25) is 0 Å². The lowest BCUT2D eigenvalue weighted by atomic mass is 9.97. The van der Waals surface area contributed by atoms with Crippen LogP contribution in [0, 0.1) is 0 Å². The molecule has 14 heteroatoms. The van der Waals surface area contributed by atoms with E-state index in [9.17, 15) is 45.6 Å². The van der Waals surface area contributed by atoms with Gasteiger partial charge in [-0.1, -0.05) is 216 Å². The molecule has 9 N–H and O–H groups in total. The minimum absolute atomic E-state index is 0.259. The van der Waals surface area contributed by atoms with Gasteiger partial charge in [-0.15, -0.1) is 0 Å². The zero-order chi connectivity index (χ0) is 56.0. The van der Waals surface area contributed by atoms with Gasteiger partial charge in [0.2, 0.25) is 5.91 Å². The van der Waals surface area contributed by atoms with E-state index in [0.29, 0.717) is 12.8 Å². The van der Waals surface area contributed by atoms with Crippen LogP contribution in [-0.2, 0) is 23.7 Å². The number of allylic oxidation sites excluding steroid dienone is 9. The second-order valence-electron chi connectivity index (χ2n) is 21.8. The number of amides is 1. The van der Waals surface area contributed by atoms with Gasteiger partial charge >= 0.3 is 0 Å². The highest BCUT2D eigenvalue weighted by molar-refractivity contribution is 5.76. The van der Waals surface area contributed by atoms with Crippen molar-refractivity contribution in [1.82, 2.24) is 5.32 Å². The van der Waals surface area contributed by atoms with Gasteiger partial charge in [-0.05, 0) is 77.0 Å². The van der Waals surface area contributed by atoms with E-state index in [4.69, 9.17) is 18.9 Å². The van der Waals surface area contributed by atoms with E-state index >= 15 is 0 Å². The molecule has 2 saturated heterocycles. The molecule has 2 aliphatic rings. The normalized spacial score (nSPS) is 25.1. The molecule has 2 aliphatic heterocycles. The first-order valence-corrected chi connectivity index (χ1v) is 31.0. The quantitative estimate of drug-likeness (QED) is 0.0204. The third-order valence-electron chi connectivity index (χ3n) is 14.9. The summed E-state index contributed by atoms with van der Waals surface area (Å²) < 4.78 is 22.8. The predicted molar refractivity (Wildman–Crippen MR) is 309 cm³/mol. The predicted octanol–water partition coefficient (Wildman–Crippen LogP) is 10.9. The van der Waals surface area contributed by atoms with Gasteiger partial charge in [0.25, 0.3) is 0 Å². The van der Waals surface area contributed by atoms with Crippen molar-refractivity contribution < 1.29 is 64.6 Å². The molecule has 1 amide bonds. The number of hydrogen-bond acceptors (Lipinski definition) is 13. The molecule has 0 aromatic carbocycles. The van der Waals surface area contributed by atoms with Crippen molar-refractivity contribution in [2.75, 3.05) is 19.8 Å². The number of aliphatic hydroxyl groups is 8. The first-order chi connectivity index (χ1) is 37.6. The monoisotopic (exact) mass is 1090 g/mol. The molecule has 0 saturated carbocycles. The molecule has 0 spiro atoms. The van der Waals surface area contributed by atoms with Gasteiger partial charge in [0.15, 0.2) is 12.6 Å². The molecule has 0 radical (unpaired) electrons.